The predicted octanol–water partition coefficient (Wildman–Crippen LogP) is 9.00. The molecule has 7 nitrogen and oxygen atoms in total. The molecule has 3 heterocycles. The van der Waals surface area contributed by atoms with E-state index in [-0.39, 0.29) is 17.8 Å². The Morgan fingerprint density at radius 2 is 1.45 bits per heavy atom. The lowest BCUT2D eigenvalue weighted by Crippen LogP contribution is -2.60. The lowest BCUT2D eigenvalue weighted by molar-refractivity contribution is -0.161. The summed E-state index contributed by atoms with van der Waals surface area (Å²) in [5.74, 6) is 1.44. The van der Waals surface area contributed by atoms with Gasteiger partial charge in [0.2, 0.25) is 11.8 Å². The molecule has 0 bridgehead atoms. The second-order valence-corrected chi connectivity index (χ2v) is 15.2. The van der Waals surface area contributed by atoms with Crippen LogP contribution in [-0.2, 0) is 29.2 Å². The second-order valence-electron chi connectivity index (χ2n) is 15.2. The number of aromatic nitrogens is 1. The highest BCUT2D eigenvalue weighted by Crippen LogP contribution is 2.34. The molecule has 1 aromatic heterocycles. The number of hydrogen-bond acceptors (Lipinski definition) is 7. The van der Waals surface area contributed by atoms with Gasteiger partial charge < -0.3 is 19.1 Å². The number of carbonyl (C=O) groups excluding carboxylic acids is 1. The molecule has 7 heteroatoms. The largest absolute Gasteiger partial charge is 0.473 e. The number of ether oxygens (including phenoxy) is 3. The Morgan fingerprint density at radius 3 is 2.10 bits per heavy atom. The molecule has 2 aliphatic heterocycles. The number of pyridine rings is 1. The fourth-order valence-corrected chi connectivity index (χ4v) is 7.17. The summed E-state index contributed by atoms with van der Waals surface area (Å²) in [4.78, 5) is 22.7. The minimum atomic E-state index is -0.429. The zero-order valence-corrected chi connectivity index (χ0v) is 30.9. The molecule has 270 valence electrons. The van der Waals surface area contributed by atoms with Gasteiger partial charge in [0.15, 0.2) is 0 Å². The van der Waals surface area contributed by atoms with E-state index >= 15 is 0 Å². The molecule has 0 amide bonds. The van der Waals surface area contributed by atoms with Crippen molar-refractivity contribution >= 4 is 11.7 Å². The summed E-state index contributed by atoms with van der Waals surface area (Å²) in [6.45, 7) is 13.1. The van der Waals surface area contributed by atoms with E-state index in [9.17, 15) is 4.79 Å². The molecule has 2 aliphatic rings. The summed E-state index contributed by atoms with van der Waals surface area (Å²) >= 11 is 0. The molecule has 0 aliphatic carbocycles. The molecule has 2 atom stereocenters. The van der Waals surface area contributed by atoms with Crippen LogP contribution in [0.3, 0.4) is 0 Å². The fraction of sp³-hybridized carbons (Fsp3) is 0.455. The van der Waals surface area contributed by atoms with Crippen LogP contribution in [0, 0.1) is 5.92 Å². The van der Waals surface area contributed by atoms with Crippen molar-refractivity contribution in [3.05, 3.63) is 119 Å². The van der Waals surface area contributed by atoms with Crippen molar-refractivity contribution in [3.8, 4) is 11.8 Å². The van der Waals surface area contributed by atoms with Gasteiger partial charge in [0, 0.05) is 36.4 Å². The van der Waals surface area contributed by atoms with Gasteiger partial charge in [0.25, 0.3) is 0 Å². The number of carbonyl (C=O) groups is 1. The first-order chi connectivity index (χ1) is 24.7. The van der Waals surface area contributed by atoms with Crippen LogP contribution in [0.5, 0.6) is 11.8 Å². The molecule has 2 saturated heterocycles. The van der Waals surface area contributed by atoms with E-state index in [4.69, 9.17) is 19.2 Å². The van der Waals surface area contributed by atoms with Crippen molar-refractivity contribution in [2.75, 3.05) is 31.1 Å². The summed E-state index contributed by atoms with van der Waals surface area (Å²) in [6, 6.07) is 34.1. The minimum absolute atomic E-state index is 0.0101. The number of benzene rings is 3. The van der Waals surface area contributed by atoms with Gasteiger partial charge in [-0.25, -0.2) is 0 Å². The van der Waals surface area contributed by atoms with Crippen molar-refractivity contribution < 1.29 is 19.0 Å². The Bertz CT molecular complexity index is 1670. The van der Waals surface area contributed by atoms with Crippen LogP contribution in [-0.4, -0.2) is 53.7 Å². The highest BCUT2D eigenvalue weighted by molar-refractivity contribution is 5.72. The van der Waals surface area contributed by atoms with Crippen LogP contribution in [0.2, 0.25) is 0 Å². The first-order valence-electron chi connectivity index (χ1n) is 18.9. The van der Waals surface area contributed by atoms with Crippen LogP contribution < -0.4 is 14.4 Å². The third kappa shape index (κ3) is 10.4. The van der Waals surface area contributed by atoms with Gasteiger partial charge in [-0.3, -0.25) is 9.69 Å². The molecule has 4 aromatic rings. The highest BCUT2D eigenvalue weighted by Gasteiger charge is 2.34. The van der Waals surface area contributed by atoms with Gasteiger partial charge in [0.1, 0.15) is 18.8 Å². The Hall–Kier alpha value is -4.36. The average molecular weight is 690 g/mol. The van der Waals surface area contributed by atoms with Crippen LogP contribution in [0.4, 0.5) is 5.69 Å². The number of esters is 1. The predicted molar refractivity (Wildman–Crippen MR) is 204 cm³/mol. The molecular formula is C44H55N3O4. The summed E-state index contributed by atoms with van der Waals surface area (Å²) in [5.41, 5.74) is 5.46. The molecule has 3 aromatic carbocycles. The number of nitrogens with zero attached hydrogens (tertiary/aromatic N) is 3. The lowest BCUT2D eigenvalue weighted by Gasteiger charge is -2.47. The summed E-state index contributed by atoms with van der Waals surface area (Å²) in [6.07, 6.45) is 5.92. The Kier molecular flexibility index (Phi) is 12.3. The van der Waals surface area contributed by atoms with Crippen LogP contribution >= 0.6 is 0 Å². The van der Waals surface area contributed by atoms with E-state index in [1.807, 2.05) is 63.2 Å². The standard InChI is InChI=1S/C44H55N3O4/c1-5-36(40-23-24-41(49-31-34-14-8-6-9-15-34)45-42(40)50-32-35-16-10-7-11-17-35)28-33-19-21-38(22-20-33)47-29-39(30-47)46-26-13-12-18-37(25-27-46)43(48)51-44(2,3)4/h6-11,14-17,19-24,36-37,39H,5,12-13,18,25-32H2,1-4H3. The fourth-order valence-electron chi connectivity index (χ4n) is 7.17. The molecule has 2 fully saturated rings. The normalized spacial score (nSPS) is 17.9. The van der Waals surface area contributed by atoms with Crippen molar-refractivity contribution in [1.29, 1.82) is 0 Å². The van der Waals surface area contributed by atoms with Crippen molar-refractivity contribution in [2.45, 2.75) is 97.0 Å². The molecule has 0 radical (unpaired) electrons. The van der Waals surface area contributed by atoms with E-state index in [0.717, 1.165) is 81.4 Å². The van der Waals surface area contributed by atoms with E-state index in [1.165, 1.54) is 11.3 Å². The molecule has 2 unspecified atom stereocenters. The van der Waals surface area contributed by atoms with Gasteiger partial charge in [-0.05, 0) is 107 Å². The van der Waals surface area contributed by atoms with Gasteiger partial charge in [-0.2, -0.15) is 4.98 Å². The number of rotatable bonds is 13. The van der Waals surface area contributed by atoms with E-state index in [2.05, 4.69) is 71.3 Å². The van der Waals surface area contributed by atoms with E-state index in [1.54, 1.807) is 0 Å². The van der Waals surface area contributed by atoms with Gasteiger partial charge in [-0.15, -0.1) is 0 Å². The van der Waals surface area contributed by atoms with Crippen molar-refractivity contribution in [1.82, 2.24) is 9.88 Å². The first-order valence-corrected chi connectivity index (χ1v) is 18.9. The summed E-state index contributed by atoms with van der Waals surface area (Å²) < 4.78 is 18.2. The Labute approximate surface area is 304 Å². The topological polar surface area (TPSA) is 64.1 Å². The van der Waals surface area contributed by atoms with E-state index < -0.39 is 5.60 Å². The molecule has 0 N–H and O–H groups in total. The lowest BCUT2D eigenvalue weighted by atomic mass is 9.90. The van der Waals surface area contributed by atoms with Crippen molar-refractivity contribution in [3.63, 3.8) is 0 Å². The maximum atomic E-state index is 12.8. The minimum Gasteiger partial charge on any atom is -0.473 e. The maximum Gasteiger partial charge on any atom is 0.309 e. The smallest absolute Gasteiger partial charge is 0.309 e. The summed E-state index contributed by atoms with van der Waals surface area (Å²) in [7, 11) is 0. The zero-order chi connectivity index (χ0) is 35.6. The Balaban J connectivity index is 1.06. The van der Waals surface area contributed by atoms with Gasteiger partial charge >= 0.3 is 5.97 Å². The van der Waals surface area contributed by atoms with Gasteiger partial charge in [-0.1, -0.05) is 86.1 Å². The third-order valence-corrected chi connectivity index (χ3v) is 10.2. The van der Waals surface area contributed by atoms with Crippen molar-refractivity contribution in [2.24, 2.45) is 5.92 Å². The quantitative estimate of drug-likeness (QED) is 0.130. The number of anilines is 1. The first kappa shape index (κ1) is 36.4. The molecular weight excluding hydrogens is 635 g/mol. The highest BCUT2D eigenvalue weighted by atomic mass is 16.6. The van der Waals surface area contributed by atoms with Crippen LogP contribution in [0.1, 0.15) is 88.0 Å². The Morgan fingerprint density at radius 1 is 0.784 bits per heavy atom. The molecule has 0 spiro atoms. The number of hydrogen-bond donors (Lipinski definition) is 0. The molecule has 51 heavy (non-hydrogen) atoms. The molecule has 6 rings (SSSR count). The maximum absolute atomic E-state index is 12.8. The van der Waals surface area contributed by atoms with Crippen LogP contribution in [0.25, 0.3) is 0 Å². The third-order valence-electron chi connectivity index (χ3n) is 10.2. The SMILES string of the molecule is CCC(Cc1ccc(N2CC(N3CCCCC(C(=O)OC(C)(C)C)CC3)C2)cc1)c1ccc(OCc2ccccc2)nc1OCc1ccccc1. The van der Waals surface area contributed by atoms with E-state index in [0.29, 0.717) is 31.0 Å². The second kappa shape index (κ2) is 17.2. The summed E-state index contributed by atoms with van der Waals surface area (Å²) in [5, 5.41) is 0. The monoisotopic (exact) mass is 689 g/mol. The van der Waals surface area contributed by atoms with Crippen LogP contribution in [0.15, 0.2) is 97.1 Å². The number of likely N-dealkylation sites (tertiary alicyclic amines) is 1. The zero-order valence-electron chi connectivity index (χ0n) is 30.9. The molecule has 0 saturated carbocycles. The van der Waals surface area contributed by atoms with Gasteiger partial charge in [0.05, 0.1) is 5.92 Å². The average Bonchev–Trinajstić information content (AvgIpc) is 3.10.